The number of carbonyl (C=O) groups is 1. The first-order valence-electron chi connectivity index (χ1n) is 16.1. The Bertz CT molecular complexity index is 1660. The lowest BCUT2D eigenvalue weighted by Crippen LogP contribution is -2.46. The molecule has 0 bridgehead atoms. The van der Waals surface area contributed by atoms with Crippen molar-refractivity contribution in [2.24, 2.45) is 5.92 Å². The molecule has 3 aromatic rings. The molecule has 13 heteroatoms. The van der Waals surface area contributed by atoms with Crippen LogP contribution >= 0.6 is 11.6 Å². The zero-order valence-electron chi connectivity index (χ0n) is 28.4. The summed E-state index contributed by atoms with van der Waals surface area (Å²) in [6.45, 7) is 16.9. The predicted molar refractivity (Wildman–Crippen MR) is 191 cm³/mol. The molecule has 2 atom stereocenters. The standard InChI is InChI=1S/C34H44BClN7O3Si/c1-33(2,3)47(6,7)46-21-34(4)20-43(35-22-44)30-25(16-37)13-24(14-27(30)34)28-10-11-38-32(40-28)41-29-15-26(36)17-39-31(29)45-19-23-9-8-12-42(5)18-23/h10-11,13-15,17,22-23H,8-9,12,18-21H2,1-7H3,(H,38,40,41)/t23?,34-/m1/s1. The number of aromatic nitrogens is 3. The van der Waals surface area contributed by atoms with Gasteiger partial charge in [0.25, 0.3) is 0 Å². The number of hydrogen-bond acceptors (Lipinski definition) is 10. The summed E-state index contributed by atoms with van der Waals surface area (Å²) >= 11 is 6.33. The van der Waals surface area contributed by atoms with E-state index in [-0.39, 0.29) is 5.04 Å². The van der Waals surface area contributed by atoms with Crippen LogP contribution in [0.5, 0.6) is 5.88 Å². The number of likely N-dealkylation sites (tertiary alicyclic amines) is 1. The van der Waals surface area contributed by atoms with Gasteiger partial charge in [-0.15, -0.1) is 0 Å². The number of nitriles is 1. The quantitative estimate of drug-likeness (QED) is 0.180. The molecule has 1 aromatic carbocycles. The van der Waals surface area contributed by atoms with Crippen LogP contribution in [0, 0.1) is 17.2 Å². The summed E-state index contributed by atoms with van der Waals surface area (Å²) in [5, 5.41) is 14.0. The van der Waals surface area contributed by atoms with Gasteiger partial charge in [-0.1, -0.05) is 39.3 Å². The first-order chi connectivity index (χ1) is 22.2. The summed E-state index contributed by atoms with van der Waals surface area (Å²) in [7, 11) is 1.56. The number of fused-ring (bicyclic) bond motifs is 1. The SMILES string of the molecule is CN1CCCC(COc2ncc(Cl)cc2Nc2nccc(-c3cc(C#N)c4c(c3)[C@@](C)(CO[Si](C)(C)C(C)(C)C)CN4[B]C=O)n2)C1. The molecule has 1 saturated heterocycles. The monoisotopic (exact) mass is 672 g/mol. The lowest BCUT2D eigenvalue weighted by molar-refractivity contribution is 0.148. The summed E-state index contributed by atoms with van der Waals surface area (Å²) in [6, 6.07) is 9.80. The Morgan fingerprint density at radius 1 is 1.28 bits per heavy atom. The smallest absolute Gasteiger partial charge is 0.329 e. The van der Waals surface area contributed by atoms with Gasteiger partial charge in [0.15, 0.2) is 8.32 Å². The Kier molecular flexibility index (Phi) is 10.3. The first-order valence-corrected chi connectivity index (χ1v) is 19.4. The van der Waals surface area contributed by atoms with Crippen molar-refractivity contribution in [3.05, 3.63) is 52.8 Å². The molecule has 0 spiro atoms. The number of halogens is 1. The van der Waals surface area contributed by atoms with Gasteiger partial charge < -0.3 is 29.0 Å². The van der Waals surface area contributed by atoms with Gasteiger partial charge >= 0.3 is 7.41 Å². The lowest BCUT2D eigenvalue weighted by Gasteiger charge is -2.39. The van der Waals surface area contributed by atoms with Crippen molar-refractivity contribution in [2.75, 3.05) is 50.0 Å². The van der Waals surface area contributed by atoms with E-state index >= 15 is 0 Å². The molecular weight excluding hydrogens is 629 g/mol. The fourth-order valence-corrected chi connectivity index (χ4v) is 7.27. The molecule has 5 rings (SSSR count). The molecule has 1 unspecified atom stereocenters. The fourth-order valence-electron chi connectivity index (χ4n) is 6.00. The van der Waals surface area contributed by atoms with Gasteiger partial charge in [0.2, 0.25) is 11.8 Å². The van der Waals surface area contributed by atoms with Crippen LogP contribution in [0.4, 0.5) is 17.3 Å². The van der Waals surface area contributed by atoms with Gasteiger partial charge in [-0.25, -0.2) is 15.0 Å². The van der Waals surface area contributed by atoms with E-state index < -0.39 is 13.7 Å². The summed E-state index contributed by atoms with van der Waals surface area (Å²) in [5.41, 5.74) is 3.64. The molecule has 4 heterocycles. The lowest BCUT2D eigenvalue weighted by atomic mass is 9.83. The Morgan fingerprint density at radius 2 is 2.06 bits per heavy atom. The van der Waals surface area contributed by atoms with Crippen LogP contribution < -0.4 is 14.9 Å². The highest BCUT2D eigenvalue weighted by Gasteiger charge is 2.44. The molecule has 2 aliphatic heterocycles. The van der Waals surface area contributed by atoms with Gasteiger partial charge in [0, 0.05) is 54.7 Å². The van der Waals surface area contributed by atoms with Crippen LogP contribution in [-0.2, 0) is 14.6 Å². The number of nitrogens with one attached hydrogen (secondary N) is 1. The molecule has 0 aliphatic carbocycles. The minimum atomic E-state index is -2.07. The van der Waals surface area contributed by atoms with Crippen LogP contribution in [0.3, 0.4) is 0 Å². The number of nitrogens with zero attached hydrogens (tertiary/aromatic N) is 6. The molecule has 0 saturated carbocycles. The highest BCUT2D eigenvalue weighted by molar-refractivity contribution is 6.74. The van der Waals surface area contributed by atoms with Crippen molar-refractivity contribution >= 4 is 50.8 Å². The van der Waals surface area contributed by atoms with E-state index in [0.29, 0.717) is 59.5 Å². The second-order valence-corrected chi connectivity index (χ2v) is 19.8. The van der Waals surface area contributed by atoms with Crippen LogP contribution in [0.25, 0.3) is 11.3 Å². The molecule has 247 valence electrons. The molecule has 0 amide bonds. The zero-order chi connectivity index (χ0) is 34.0. The average Bonchev–Trinajstić information content (AvgIpc) is 3.30. The molecule has 2 aromatic heterocycles. The number of pyridine rings is 1. The van der Waals surface area contributed by atoms with Crippen molar-refractivity contribution in [1.82, 2.24) is 19.9 Å². The molecule has 1 radical (unpaired) electrons. The third kappa shape index (κ3) is 7.81. The summed E-state index contributed by atoms with van der Waals surface area (Å²) < 4.78 is 12.9. The van der Waals surface area contributed by atoms with Crippen molar-refractivity contribution in [3.63, 3.8) is 0 Å². The topological polar surface area (TPSA) is 116 Å². The molecule has 47 heavy (non-hydrogen) atoms. The van der Waals surface area contributed by atoms with Crippen LogP contribution in [-0.4, -0.2) is 81.7 Å². The van der Waals surface area contributed by atoms with E-state index in [1.54, 1.807) is 18.5 Å². The molecule has 1 fully saturated rings. The number of carbonyl (C=O) groups excluding carboxylic acids is 1. The van der Waals surface area contributed by atoms with E-state index in [2.05, 4.69) is 80.2 Å². The van der Waals surface area contributed by atoms with E-state index in [9.17, 15) is 10.1 Å². The summed E-state index contributed by atoms with van der Waals surface area (Å²) in [6.07, 6.45) is 6.27. The number of anilines is 3. The Hall–Kier alpha value is -3.50. The zero-order valence-corrected chi connectivity index (χ0v) is 30.2. The number of piperidine rings is 1. The van der Waals surface area contributed by atoms with Crippen LogP contribution in [0.2, 0.25) is 23.2 Å². The Morgan fingerprint density at radius 3 is 2.77 bits per heavy atom. The highest BCUT2D eigenvalue weighted by Crippen LogP contribution is 2.46. The minimum Gasteiger partial charge on any atom is -0.476 e. The third-order valence-electron chi connectivity index (χ3n) is 9.68. The maximum absolute atomic E-state index is 11.6. The number of hydrogen-bond donors (Lipinski definition) is 1. The van der Waals surface area contributed by atoms with E-state index in [4.69, 9.17) is 25.7 Å². The third-order valence-corrected chi connectivity index (χ3v) is 14.4. The predicted octanol–water partition coefficient (Wildman–Crippen LogP) is 6.44. The average molecular weight is 673 g/mol. The van der Waals surface area contributed by atoms with Gasteiger partial charge in [0.1, 0.15) is 17.9 Å². The van der Waals surface area contributed by atoms with Crippen molar-refractivity contribution in [3.8, 4) is 23.2 Å². The van der Waals surface area contributed by atoms with Crippen molar-refractivity contribution < 1.29 is 14.0 Å². The number of rotatable bonds is 11. The summed E-state index contributed by atoms with van der Waals surface area (Å²) in [4.78, 5) is 29.6. The van der Waals surface area contributed by atoms with Gasteiger partial charge in [-0.05, 0) is 74.4 Å². The van der Waals surface area contributed by atoms with Crippen molar-refractivity contribution in [1.29, 1.82) is 5.26 Å². The first kappa shape index (κ1) is 34.8. The molecule has 2 aliphatic rings. The Balaban J connectivity index is 1.45. The number of ether oxygens (including phenoxy) is 1. The van der Waals surface area contributed by atoms with Gasteiger partial charge in [-0.3, -0.25) is 0 Å². The van der Waals surface area contributed by atoms with E-state index in [1.807, 2.05) is 16.9 Å². The van der Waals surface area contributed by atoms with Crippen LogP contribution in [0.1, 0.15) is 51.7 Å². The fraction of sp³-hybridized carbons (Fsp3) is 0.500. The Labute approximate surface area is 285 Å². The molecule has 10 nitrogen and oxygen atoms in total. The molecule has 1 N–H and O–H groups in total. The molecular formula is C34H44BClN7O3Si. The second-order valence-electron chi connectivity index (χ2n) is 14.5. The van der Waals surface area contributed by atoms with E-state index in [0.717, 1.165) is 48.9 Å². The van der Waals surface area contributed by atoms with Crippen LogP contribution in [0.15, 0.2) is 36.7 Å². The largest absolute Gasteiger partial charge is 0.476 e. The minimum absolute atomic E-state index is 0.0411. The maximum atomic E-state index is 11.6. The second kappa shape index (κ2) is 13.9. The van der Waals surface area contributed by atoms with Crippen molar-refractivity contribution in [2.45, 2.75) is 64.1 Å². The normalized spacial score (nSPS) is 20.0. The number of benzene rings is 1. The van der Waals surface area contributed by atoms with Gasteiger partial charge in [-0.2, -0.15) is 5.26 Å². The van der Waals surface area contributed by atoms with Gasteiger partial charge in [0.05, 0.1) is 22.9 Å². The van der Waals surface area contributed by atoms with E-state index in [1.165, 1.54) is 7.41 Å². The highest BCUT2D eigenvalue weighted by atomic mass is 35.5. The maximum Gasteiger partial charge on any atom is 0.329 e. The summed E-state index contributed by atoms with van der Waals surface area (Å²) in [5.74, 6) is 1.20.